The van der Waals surface area contributed by atoms with E-state index in [2.05, 4.69) is 55.1 Å². The summed E-state index contributed by atoms with van der Waals surface area (Å²) in [5, 5.41) is 3.39. The number of nitrogens with zero attached hydrogens (tertiary/aromatic N) is 2. The average Bonchev–Trinajstić information content (AvgIpc) is 2.78. The van der Waals surface area contributed by atoms with E-state index in [4.69, 9.17) is 0 Å². The first-order valence-corrected chi connectivity index (χ1v) is 8.05. The van der Waals surface area contributed by atoms with E-state index in [0.29, 0.717) is 5.54 Å². The van der Waals surface area contributed by atoms with Crippen LogP contribution in [0.5, 0.6) is 0 Å². The highest BCUT2D eigenvalue weighted by Crippen LogP contribution is 2.23. The number of hydrogen-bond acceptors (Lipinski definition) is 4. The number of thiophene rings is 1. The first kappa shape index (κ1) is 15.0. The van der Waals surface area contributed by atoms with Gasteiger partial charge in [0, 0.05) is 48.0 Å². The standard InChI is InChI=1S/C15H27N3S/c1-5-16-10-13-6-7-14(19-13)11-18-9-8-17(4)15(2,3)12-18/h6-7,16H,5,8-12H2,1-4H3. The van der Waals surface area contributed by atoms with E-state index in [0.717, 1.165) is 26.2 Å². The lowest BCUT2D eigenvalue weighted by Gasteiger charge is -2.45. The lowest BCUT2D eigenvalue weighted by atomic mass is 10.00. The SMILES string of the molecule is CCNCc1ccc(CN2CCN(C)C(C)(C)C2)s1. The van der Waals surface area contributed by atoms with E-state index in [1.165, 1.54) is 22.8 Å². The molecular weight excluding hydrogens is 254 g/mol. The highest BCUT2D eigenvalue weighted by Gasteiger charge is 2.30. The maximum absolute atomic E-state index is 3.39. The van der Waals surface area contributed by atoms with Gasteiger partial charge in [-0.1, -0.05) is 6.92 Å². The molecule has 1 aromatic rings. The van der Waals surface area contributed by atoms with Crippen LogP contribution in [0.3, 0.4) is 0 Å². The molecule has 1 aliphatic rings. The van der Waals surface area contributed by atoms with Crippen molar-refractivity contribution in [3.8, 4) is 0 Å². The van der Waals surface area contributed by atoms with Crippen molar-refractivity contribution in [1.29, 1.82) is 0 Å². The molecule has 1 aliphatic heterocycles. The predicted molar refractivity (Wildman–Crippen MR) is 83.7 cm³/mol. The Labute approximate surface area is 121 Å². The van der Waals surface area contributed by atoms with Crippen LogP contribution < -0.4 is 5.32 Å². The van der Waals surface area contributed by atoms with Gasteiger partial charge in [0.1, 0.15) is 0 Å². The van der Waals surface area contributed by atoms with Crippen LogP contribution in [0.25, 0.3) is 0 Å². The van der Waals surface area contributed by atoms with Gasteiger partial charge in [-0.3, -0.25) is 9.80 Å². The molecular formula is C15H27N3S. The first-order chi connectivity index (χ1) is 9.01. The molecule has 0 amide bonds. The summed E-state index contributed by atoms with van der Waals surface area (Å²) >= 11 is 1.95. The lowest BCUT2D eigenvalue weighted by Crippen LogP contribution is -2.57. The molecule has 0 aromatic carbocycles. The smallest absolute Gasteiger partial charge is 0.0329 e. The van der Waals surface area contributed by atoms with Crippen molar-refractivity contribution in [2.45, 2.75) is 39.4 Å². The Morgan fingerprint density at radius 1 is 1.26 bits per heavy atom. The summed E-state index contributed by atoms with van der Waals surface area (Å²) in [5.41, 5.74) is 0.294. The zero-order valence-electron chi connectivity index (χ0n) is 12.7. The van der Waals surface area contributed by atoms with Crippen LogP contribution in [0.2, 0.25) is 0 Å². The highest BCUT2D eigenvalue weighted by molar-refractivity contribution is 7.11. The zero-order valence-corrected chi connectivity index (χ0v) is 13.5. The van der Waals surface area contributed by atoms with Gasteiger partial charge in [0.25, 0.3) is 0 Å². The summed E-state index contributed by atoms with van der Waals surface area (Å²) in [6.45, 7) is 13.5. The predicted octanol–water partition coefficient (Wildman–Crippen LogP) is 2.38. The van der Waals surface area contributed by atoms with Crippen LogP contribution in [0.1, 0.15) is 30.5 Å². The molecule has 1 N–H and O–H groups in total. The molecule has 0 atom stereocenters. The van der Waals surface area contributed by atoms with Gasteiger partial charge >= 0.3 is 0 Å². The number of likely N-dealkylation sites (N-methyl/N-ethyl adjacent to an activating group) is 1. The van der Waals surface area contributed by atoms with Gasteiger partial charge in [-0.25, -0.2) is 0 Å². The first-order valence-electron chi connectivity index (χ1n) is 7.23. The fraction of sp³-hybridized carbons (Fsp3) is 0.733. The van der Waals surface area contributed by atoms with E-state index in [1.807, 2.05) is 11.3 Å². The summed E-state index contributed by atoms with van der Waals surface area (Å²) in [6, 6.07) is 4.56. The topological polar surface area (TPSA) is 18.5 Å². The van der Waals surface area contributed by atoms with Gasteiger partial charge in [-0.15, -0.1) is 11.3 Å². The minimum atomic E-state index is 0.294. The van der Waals surface area contributed by atoms with Crippen LogP contribution in [-0.4, -0.2) is 48.6 Å². The molecule has 0 aliphatic carbocycles. The monoisotopic (exact) mass is 281 g/mol. The highest BCUT2D eigenvalue weighted by atomic mass is 32.1. The summed E-state index contributed by atoms with van der Waals surface area (Å²) in [4.78, 5) is 8.00. The van der Waals surface area contributed by atoms with E-state index >= 15 is 0 Å². The molecule has 0 spiro atoms. The van der Waals surface area contributed by atoms with Crippen molar-refractivity contribution in [3.63, 3.8) is 0 Å². The average molecular weight is 281 g/mol. The maximum atomic E-state index is 3.39. The maximum Gasteiger partial charge on any atom is 0.0329 e. The van der Waals surface area contributed by atoms with Crippen molar-refractivity contribution in [2.75, 3.05) is 33.2 Å². The zero-order chi connectivity index (χ0) is 13.9. The number of rotatable bonds is 5. The molecule has 3 nitrogen and oxygen atoms in total. The summed E-state index contributed by atoms with van der Waals surface area (Å²) in [5.74, 6) is 0. The third-order valence-electron chi connectivity index (χ3n) is 4.04. The fourth-order valence-corrected chi connectivity index (χ4v) is 3.58. The van der Waals surface area contributed by atoms with Crippen LogP contribution in [0.15, 0.2) is 12.1 Å². The Morgan fingerprint density at radius 3 is 2.68 bits per heavy atom. The molecule has 1 aromatic heterocycles. The summed E-state index contributed by atoms with van der Waals surface area (Å²) < 4.78 is 0. The van der Waals surface area contributed by atoms with E-state index < -0.39 is 0 Å². The molecule has 2 heterocycles. The van der Waals surface area contributed by atoms with Gasteiger partial charge in [0.05, 0.1) is 0 Å². The molecule has 1 saturated heterocycles. The molecule has 4 heteroatoms. The largest absolute Gasteiger partial charge is 0.312 e. The van der Waals surface area contributed by atoms with Crippen LogP contribution in [-0.2, 0) is 13.1 Å². The van der Waals surface area contributed by atoms with Crippen molar-refractivity contribution in [2.24, 2.45) is 0 Å². The molecule has 0 radical (unpaired) electrons. The third-order valence-corrected chi connectivity index (χ3v) is 5.11. The fourth-order valence-electron chi connectivity index (χ4n) is 2.55. The van der Waals surface area contributed by atoms with Crippen molar-refractivity contribution in [1.82, 2.24) is 15.1 Å². The normalized spacial score (nSPS) is 20.8. The van der Waals surface area contributed by atoms with Gasteiger partial charge in [0.2, 0.25) is 0 Å². The van der Waals surface area contributed by atoms with E-state index in [9.17, 15) is 0 Å². The van der Waals surface area contributed by atoms with Crippen LogP contribution in [0.4, 0.5) is 0 Å². The van der Waals surface area contributed by atoms with Crippen molar-refractivity contribution < 1.29 is 0 Å². The Bertz CT molecular complexity index is 400. The minimum Gasteiger partial charge on any atom is -0.312 e. The molecule has 2 rings (SSSR count). The molecule has 108 valence electrons. The Hall–Kier alpha value is -0.420. The molecule has 0 saturated carbocycles. The Kier molecular flexibility index (Phi) is 5.01. The second kappa shape index (κ2) is 6.35. The Balaban J connectivity index is 1.89. The van der Waals surface area contributed by atoms with E-state index in [1.54, 1.807) is 0 Å². The molecule has 19 heavy (non-hydrogen) atoms. The van der Waals surface area contributed by atoms with Crippen molar-refractivity contribution in [3.05, 3.63) is 21.9 Å². The lowest BCUT2D eigenvalue weighted by molar-refractivity contribution is 0.0365. The van der Waals surface area contributed by atoms with Gasteiger partial charge in [-0.05, 0) is 39.6 Å². The number of nitrogens with one attached hydrogen (secondary N) is 1. The third kappa shape index (κ3) is 4.02. The molecule has 1 fully saturated rings. The molecule has 0 unspecified atom stereocenters. The Morgan fingerprint density at radius 2 is 2.00 bits per heavy atom. The summed E-state index contributed by atoms with van der Waals surface area (Å²) in [6.07, 6.45) is 0. The van der Waals surface area contributed by atoms with Crippen LogP contribution in [0, 0.1) is 0 Å². The quantitative estimate of drug-likeness (QED) is 0.894. The second-order valence-electron chi connectivity index (χ2n) is 6.09. The van der Waals surface area contributed by atoms with Gasteiger partial charge in [-0.2, -0.15) is 0 Å². The number of piperazine rings is 1. The van der Waals surface area contributed by atoms with Crippen molar-refractivity contribution >= 4 is 11.3 Å². The minimum absolute atomic E-state index is 0.294. The second-order valence-corrected chi connectivity index (χ2v) is 7.35. The van der Waals surface area contributed by atoms with Gasteiger partial charge in [0.15, 0.2) is 0 Å². The molecule has 0 bridgehead atoms. The summed E-state index contributed by atoms with van der Waals surface area (Å²) in [7, 11) is 2.23. The van der Waals surface area contributed by atoms with Crippen LogP contribution >= 0.6 is 11.3 Å². The number of hydrogen-bond donors (Lipinski definition) is 1. The van der Waals surface area contributed by atoms with E-state index in [-0.39, 0.29) is 0 Å². The van der Waals surface area contributed by atoms with Gasteiger partial charge < -0.3 is 5.32 Å².